The normalized spacial score (nSPS) is 11.7. The fraction of sp³-hybridized carbons (Fsp3) is 0. The molecular formula is C30H18ClN3. The average Bonchev–Trinajstić information content (AvgIpc) is 3.19. The van der Waals surface area contributed by atoms with Crippen LogP contribution >= 0.6 is 11.6 Å². The van der Waals surface area contributed by atoms with E-state index in [1.54, 1.807) is 0 Å². The number of hydrogen-bond donors (Lipinski definition) is 0. The van der Waals surface area contributed by atoms with E-state index < -0.39 is 0 Å². The van der Waals surface area contributed by atoms with Crippen molar-refractivity contribution in [2.75, 3.05) is 0 Å². The second-order valence-electron chi connectivity index (χ2n) is 8.47. The highest BCUT2D eigenvalue weighted by molar-refractivity contribution is 6.31. The minimum absolute atomic E-state index is 0.634. The summed E-state index contributed by atoms with van der Waals surface area (Å²) in [5.74, 6) is 0.634. The summed E-state index contributed by atoms with van der Waals surface area (Å²) in [6, 6.07) is 37.4. The van der Waals surface area contributed by atoms with E-state index in [0.717, 1.165) is 44.0 Å². The Morgan fingerprint density at radius 3 is 2.12 bits per heavy atom. The summed E-state index contributed by atoms with van der Waals surface area (Å²) in [6.07, 6.45) is 0. The SMILES string of the molecule is Clc1ccc2c3cc4ccccc4cc3n(-c3nc(-c4ccccc4)c4ccccc4n3)c2c1. The van der Waals surface area contributed by atoms with E-state index in [1.165, 1.54) is 10.8 Å². The van der Waals surface area contributed by atoms with Gasteiger partial charge in [-0.15, -0.1) is 0 Å². The molecule has 4 heteroatoms. The predicted molar refractivity (Wildman–Crippen MR) is 142 cm³/mol. The second kappa shape index (κ2) is 7.41. The molecular weight excluding hydrogens is 438 g/mol. The van der Waals surface area contributed by atoms with Gasteiger partial charge in [-0.05, 0) is 41.1 Å². The van der Waals surface area contributed by atoms with Gasteiger partial charge in [0, 0.05) is 26.7 Å². The molecule has 0 saturated carbocycles. The molecule has 0 fully saturated rings. The lowest BCUT2D eigenvalue weighted by molar-refractivity contribution is 1.01. The van der Waals surface area contributed by atoms with Crippen molar-refractivity contribution in [2.45, 2.75) is 0 Å². The number of benzene rings is 5. The number of hydrogen-bond acceptors (Lipinski definition) is 2. The average molecular weight is 456 g/mol. The molecule has 0 N–H and O–H groups in total. The second-order valence-corrected chi connectivity index (χ2v) is 8.91. The molecule has 2 aromatic heterocycles. The molecule has 0 saturated heterocycles. The highest BCUT2D eigenvalue weighted by Crippen LogP contribution is 2.36. The van der Waals surface area contributed by atoms with Crippen LogP contribution in [0.4, 0.5) is 0 Å². The maximum absolute atomic E-state index is 6.48. The first kappa shape index (κ1) is 19.3. The molecule has 7 rings (SSSR count). The Kier molecular flexibility index (Phi) is 4.20. The van der Waals surface area contributed by atoms with E-state index in [0.29, 0.717) is 11.0 Å². The Bertz CT molecular complexity index is 1870. The maximum atomic E-state index is 6.48. The molecule has 3 nitrogen and oxygen atoms in total. The van der Waals surface area contributed by atoms with Gasteiger partial charge < -0.3 is 0 Å². The summed E-state index contributed by atoms with van der Waals surface area (Å²) < 4.78 is 2.14. The van der Waals surface area contributed by atoms with Gasteiger partial charge in [-0.3, -0.25) is 4.57 Å². The monoisotopic (exact) mass is 455 g/mol. The van der Waals surface area contributed by atoms with Crippen LogP contribution in [0.25, 0.3) is 60.7 Å². The van der Waals surface area contributed by atoms with Crippen LogP contribution < -0.4 is 0 Å². The first-order valence-electron chi connectivity index (χ1n) is 11.2. The molecule has 0 aliphatic heterocycles. The third-order valence-electron chi connectivity index (χ3n) is 6.43. The van der Waals surface area contributed by atoms with Gasteiger partial charge in [0.25, 0.3) is 0 Å². The molecule has 0 bridgehead atoms. The van der Waals surface area contributed by atoms with Gasteiger partial charge in [-0.25, -0.2) is 9.97 Å². The standard InChI is InChI=1S/C30H18ClN3/c31-22-14-15-23-25-16-20-10-4-5-11-21(20)17-27(25)34(28(23)18-22)30-32-26-13-7-6-12-24(26)29(33-30)19-8-2-1-3-9-19/h1-18H. The molecule has 0 unspecified atom stereocenters. The topological polar surface area (TPSA) is 30.7 Å². The number of fused-ring (bicyclic) bond motifs is 5. The molecule has 160 valence electrons. The number of rotatable bonds is 2. The van der Waals surface area contributed by atoms with Crippen LogP contribution in [0.2, 0.25) is 5.02 Å². The molecule has 34 heavy (non-hydrogen) atoms. The summed E-state index contributed by atoms with van der Waals surface area (Å²) in [5, 5.41) is 6.38. The zero-order chi connectivity index (χ0) is 22.6. The molecule has 0 aliphatic carbocycles. The highest BCUT2D eigenvalue weighted by Gasteiger charge is 2.18. The van der Waals surface area contributed by atoms with Crippen molar-refractivity contribution in [1.29, 1.82) is 0 Å². The van der Waals surface area contributed by atoms with Crippen LogP contribution in [-0.2, 0) is 0 Å². The van der Waals surface area contributed by atoms with Crippen LogP contribution in [0.1, 0.15) is 0 Å². The van der Waals surface area contributed by atoms with E-state index in [2.05, 4.69) is 65.2 Å². The van der Waals surface area contributed by atoms with Crippen LogP contribution in [0.5, 0.6) is 0 Å². The Hall–Kier alpha value is -4.21. The van der Waals surface area contributed by atoms with Crippen LogP contribution in [0.3, 0.4) is 0 Å². The Morgan fingerprint density at radius 2 is 1.26 bits per heavy atom. The van der Waals surface area contributed by atoms with Crippen molar-refractivity contribution >= 4 is 55.1 Å². The van der Waals surface area contributed by atoms with Crippen molar-refractivity contribution < 1.29 is 0 Å². The number of nitrogens with zero attached hydrogens (tertiary/aromatic N) is 3. The van der Waals surface area contributed by atoms with E-state index in [1.807, 2.05) is 48.5 Å². The van der Waals surface area contributed by atoms with Crippen molar-refractivity contribution in [2.24, 2.45) is 0 Å². The van der Waals surface area contributed by atoms with Gasteiger partial charge in [0.15, 0.2) is 0 Å². The summed E-state index contributed by atoms with van der Waals surface area (Å²) in [5.41, 5.74) is 4.94. The lowest BCUT2D eigenvalue weighted by Gasteiger charge is -2.12. The summed E-state index contributed by atoms with van der Waals surface area (Å²) in [7, 11) is 0. The van der Waals surface area contributed by atoms with Gasteiger partial charge in [0.1, 0.15) is 0 Å². The Balaban J connectivity index is 1.64. The molecule has 0 amide bonds. The predicted octanol–water partition coefficient (Wildman–Crippen LogP) is 8.20. The van der Waals surface area contributed by atoms with Gasteiger partial charge >= 0.3 is 0 Å². The first-order chi connectivity index (χ1) is 16.8. The molecule has 0 aliphatic rings. The van der Waals surface area contributed by atoms with Gasteiger partial charge in [-0.2, -0.15) is 0 Å². The fourth-order valence-corrected chi connectivity index (χ4v) is 5.04. The van der Waals surface area contributed by atoms with E-state index >= 15 is 0 Å². The van der Waals surface area contributed by atoms with Crippen molar-refractivity contribution in [3.63, 3.8) is 0 Å². The van der Waals surface area contributed by atoms with E-state index in [-0.39, 0.29) is 0 Å². The maximum Gasteiger partial charge on any atom is 0.235 e. The molecule has 2 heterocycles. The Morgan fingerprint density at radius 1 is 0.559 bits per heavy atom. The molecule has 0 atom stereocenters. The van der Waals surface area contributed by atoms with Gasteiger partial charge in [0.2, 0.25) is 5.95 Å². The van der Waals surface area contributed by atoms with Gasteiger partial charge in [-0.1, -0.05) is 90.5 Å². The lowest BCUT2D eigenvalue weighted by Crippen LogP contribution is -2.03. The molecule has 0 spiro atoms. The summed E-state index contributed by atoms with van der Waals surface area (Å²) >= 11 is 6.48. The minimum Gasteiger partial charge on any atom is -0.278 e. The lowest BCUT2D eigenvalue weighted by atomic mass is 10.1. The smallest absolute Gasteiger partial charge is 0.235 e. The molecule has 5 aromatic carbocycles. The fourth-order valence-electron chi connectivity index (χ4n) is 4.87. The molecule has 0 radical (unpaired) electrons. The van der Waals surface area contributed by atoms with Gasteiger partial charge in [0.05, 0.1) is 22.2 Å². The zero-order valence-electron chi connectivity index (χ0n) is 18.1. The van der Waals surface area contributed by atoms with Crippen LogP contribution in [0.15, 0.2) is 109 Å². The van der Waals surface area contributed by atoms with E-state index in [4.69, 9.17) is 21.6 Å². The van der Waals surface area contributed by atoms with Crippen molar-refractivity contribution in [1.82, 2.24) is 14.5 Å². The van der Waals surface area contributed by atoms with Crippen LogP contribution in [-0.4, -0.2) is 14.5 Å². The third kappa shape index (κ3) is 2.91. The zero-order valence-corrected chi connectivity index (χ0v) is 18.9. The van der Waals surface area contributed by atoms with E-state index in [9.17, 15) is 0 Å². The molecule has 7 aromatic rings. The largest absolute Gasteiger partial charge is 0.278 e. The number of aromatic nitrogens is 3. The van der Waals surface area contributed by atoms with Crippen molar-refractivity contribution in [3.8, 4) is 17.2 Å². The first-order valence-corrected chi connectivity index (χ1v) is 11.6. The number of halogens is 1. The summed E-state index contributed by atoms with van der Waals surface area (Å²) in [6.45, 7) is 0. The number of para-hydroxylation sites is 1. The Labute approximate surface area is 200 Å². The van der Waals surface area contributed by atoms with Crippen molar-refractivity contribution in [3.05, 3.63) is 114 Å². The third-order valence-corrected chi connectivity index (χ3v) is 6.67. The van der Waals surface area contributed by atoms with Crippen LogP contribution in [0, 0.1) is 0 Å². The minimum atomic E-state index is 0.634. The highest BCUT2D eigenvalue weighted by atomic mass is 35.5. The summed E-state index contributed by atoms with van der Waals surface area (Å²) in [4.78, 5) is 10.2. The quantitative estimate of drug-likeness (QED) is 0.263.